The standard InChI is InChI=1S/C18H21N3O2/c1-4-12(2)20-18(23)15-7-5-6-8-16(15)21-17(22)14-10-9-13(3)19-11-14/h5-12H,4H2,1-3H3,(H,20,23)(H,21,22). The van der Waals surface area contributed by atoms with Crippen molar-refractivity contribution >= 4 is 17.5 Å². The number of para-hydroxylation sites is 1. The first-order valence-electron chi connectivity index (χ1n) is 7.65. The number of aromatic nitrogens is 1. The Balaban J connectivity index is 2.18. The summed E-state index contributed by atoms with van der Waals surface area (Å²) in [5, 5.41) is 5.68. The van der Waals surface area contributed by atoms with E-state index >= 15 is 0 Å². The number of pyridine rings is 1. The van der Waals surface area contributed by atoms with Crippen molar-refractivity contribution in [3.05, 3.63) is 59.4 Å². The first-order chi connectivity index (χ1) is 11.0. The highest BCUT2D eigenvalue weighted by Gasteiger charge is 2.15. The van der Waals surface area contributed by atoms with Gasteiger partial charge in [0, 0.05) is 17.9 Å². The Bertz CT molecular complexity index is 696. The van der Waals surface area contributed by atoms with Gasteiger partial charge in [-0.2, -0.15) is 0 Å². The Labute approximate surface area is 136 Å². The molecule has 0 aliphatic heterocycles. The molecule has 1 aromatic carbocycles. The highest BCUT2D eigenvalue weighted by Crippen LogP contribution is 2.16. The molecule has 0 saturated heterocycles. The van der Waals surface area contributed by atoms with Crippen LogP contribution >= 0.6 is 0 Å². The molecule has 2 amide bonds. The van der Waals surface area contributed by atoms with Crippen molar-refractivity contribution in [2.24, 2.45) is 0 Å². The van der Waals surface area contributed by atoms with Gasteiger partial charge in [0.2, 0.25) is 0 Å². The number of nitrogens with one attached hydrogen (secondary N) is 2. The fourth-order valence-corrected chi connectivity index (χ4v) is 1.99. The molecule has 1 atom stereocenters. The van der Waals surface area contributed by atoms with Crippen LogP contribution in [0.5, 0.6) is 0 Å². The molecular formula is C18H21N3O2. The van der Waals surface area contributed by atoms with Gasteiger partial charge in [-0.1, -0.05) is 19.1 Å². The number of aryl methyl sites for hydroxylation is 1. The Hall–Kier alpha value is -2.69. The Morgan fingerprint density at radius 1 is 1.13 bits per heavy atom. The number of hydrogen-bond donors (Lipinski definition) is 2. The summed E-state index contributed by atoms with van der Waals surface area (Å²) in [6.45, 7) is 5.80. The highest BCUT2D eigenvalue weighted by molar-refractivity contribution is 6.08. The lowest BCUT2D eigenvalue weighted by atomic mass is 10.1. The largest absolute Gasteiger partial charge is 0.350 e. The van der Waals surface area contributed by atoms with Gasteiger partial charge in [0.25, 0.3) is 11.8 Å². The normalized spacial score (nSPS) is 11.6. The molecule has 0 bridgehead atoms. The van der Waals surface area contributed by atoms with E-state index in [1.54, 1.807) is 36.4 Å². The molecule has 0 spiro atoms. The van der Waals surface area contributed by atoms with Gasteiger partial charge in [-0.15, -0.1) is 0 Å². The maximum Gasteiger partial charge on any atom is 0.257 e. The third kappa shape index (κ3) is 4.39. The van der Waals surface area contributed by atoms with Crippen molar-refractivity contribution in [1.82, 2.24) is 10.3 Å². The second-order valence-electron chi connectivity index (χ2n) is 5.47. The van der Waals surface area contributed by atoms with Crippen molar-refractivity contribution in [3.63, 3.8) is 0 Å². The second kappa shape index (κ2) is 7.54. The van der Waals surface area contributed by atoms with Crippen LogP contribution in [0.1, 0.15) is 46.7 Å². The lowest BCUT2D eigenvalue weighted by Crippen LogP contribution is -2.32. The zero-order valence-corrected chi connectivity index (χ0v) is 13.6. The van der Waals surface area contributed by atoms with Crippen LogP contribution < -0.4 is 10.6 Å². The van der Waals surface area contributed by atoms with Crippen LogP contribution in [0.25, 0.3) is 0 Å². The Morgan fingerprint density at radius 2 is 1.87 bits per heavy atom. The zero-order chi connectivity index (χ0) is 16.8. The smallest absolute Gasteiger partial charge is 0.257 e. The number of rotatable bonds is 5. The minimum Gasteiger partial charge on any atom is -0.350 e. The molecule has 23 heavy (non-hydrogen) atoms. The van der Waals surface area contributed by atoms with Gasteiger partial charge in [0.05, 0.1) is 16.8 Å². The third-order valence-corrected chi connectivity index (χ3v) is 3.58. The summed E-state index contributed by atoms with van der Waals surface area (Å²) in [6, 6.07) is 10.5. The predicted molar refractivity (Wildman–Crippen MR) is 90.6 cm³/mol. The van der Waals surface area contributed by atoms with Crippen LogP contribution in [0.2, 0.25) is 0 Å². The van der Waals surface area contributed by atoms with Gasteiger partial charge in [0.15, 0.2) is 0 Å². The molecule has 1 heterocycles. The zero-order valence-electron chi connectivity index (χ0n) is 13.6. The van der Waals surface area contributed by atoms with Crippen LogP contribution in [0.15, 0.2) is 42.6 Å². The van der Waals surface area contributed by atoms with E-state index in [-0.39, 0.29) is 17.9 Å². The molecule has 0 aliphatic carbocycles. The van der Waals surface area contributed by atoms with Crippen LogP contribution in [0, 0.1) is 6.92 Å². The summed E-state index contributed by atoms with van der Waals surface area (Å²) in [6.07, 6.45) is 2.36. The van der Waals surface area contributed by atoms with Crippen LogP contribution in [0.4, 0.5) is 5.69 Å². The number of anilines is 1. The average molecular weight is 311 g/mol. The van der Waals surface area contributed by atoms with E-state index in [4.69, 9.17) is 0 Å². The van der Waals surface area contributed by atoms with E-state index in [0.29, 0.717) is 16.8 Å². The molecule has 2 rings (SSSR count). The van der Waals surface area contributed by atoms with E-state index < -0.39 is 0 Å². The molecule has 0 aliphatic rings. The van der Waals surface area contributed by atoms with Gasteiger partial charge in [0.1, 0.15) is 0 Å². The second-order valence-corrected chi connectivity index (χ2v) is 5.47. The van der Waals surface area contributed by atoms with Gasteiger partial charge >= 0.3 is 0 Å². The highest BCUT2D eigenvalue weighted by atomic mass is 16.2. The van der Waals surface area contributed by atoms with E-state index in [2.05, 4.69) is 15.6 Å². The SMILES string of the molecule is CCC(C)NC(=O)c1ccccc1NC(=O)c1ccc(C)nc1. The molecule has 120 valence electrons. The number of amides is 2. The molecule has 5 heteroatoms. The summed E-state index contributed by atoms with van der Waals surface area (Å²) in [5.41, 5.74) is 2.22. The summed E-state index contributed by atoms with van der Waals surface area (Å²) >= 11 is 0. The average Bonchev–Trinajstić information content (AvgIpc) is 2.55. The summed E-state index contributed by atoms with van der Waals surface area (Å²) in [4.78, 5) is 28.7. The first kappa shape index (κ1) is 16.7. The fraction of sp³-hybridized carbons (Fsp3) is 0.278. The van der Waals surface area contributed by atoms with E-state index in [1.165, 1.54) is 6.20 Å². The predicted octanol–water partition coefficient (Wildman–Crippen LogP) is 3.17. The molecule has 0 radical (unpaired) electrons. The minimum absolute atomic E-state index is 0.0764. The molecule has 0 fully saturated rings. The van der Waals surface area contributed by atoms with E-state index in [9.17, 15) is 9.59 Å². The monoisotopic (exact) mass is 311 g/mol. The molecule has 1 unspecified atom stereocenters. The molecule has 2 N–H and O–H groups in total. The summed E-state index contributed by atoms with van der Waals surface area (Å²) in [5.74, 6) is -0.487. The summed E-state index contributed by atoms with van der Waals surface area (Å²) in [7, 11) is 0. The molecule has 1 aromatic heterocycles. The minimum atomic E-state index is -0.290. The first-order valence-corrected chi connectivity index (χ1v) is 7.65. The molecule has 0 saturated carbocycles. The third-order valence-electron chi connectivity index (χ3n) is 3.58. The van der Waals surface area contributed by atoms with Gasteiger partial charge in [-0.25, -0.2) is 0 Å². The lowest BCUT2D eigenvalue weighted by molar-refractivity contribution is 0.0940. The number of carbonyl (C=O) groups is 2. The van der Waals surface area contributed by atoms with Gasteiger partial charge in [-0.05, 0) is 44.5 Å². The van der Waals surface area contributed by atoms with Crippen molar-refractivity contribution in [2.45, 2.75) is 33.2 Å². The van der Waals surface area contributed by atoms with Gasteiger partial charge in [-0.3, -0.25) is 14.6 Å². The van der Waals surface area contributed by atoms with Crippen molar-refractivity contribution < 1.29 is 9.59 Å². The van der Waals surface area contributed by atoms with Crippen molar-refractivity contribution in [2.75, 3.05) is 5.32 Å². The molecule has 5 nitrogen and oxygen atoms in total. The van der Waals surface area contributed by atoms with Crippen molar-refractivity contribution in [3.8, 4) is 0 Å². The topological polar surface area (TPSA) is 71.1 Å². The van der Waals surface area contributed by atoms with Crippen molar-refractivity contribution in [1.29, 1.82) is 0 Å². The quantitative estimate of drug-likeness (QED) is 0.891. The number of carbonyl (C=O) groups excluding carboxylic acids is 2. The van der Waals surface area contributed by atoms with Crippen LogP contribution in [0.3, 0.4) is 0 Å². The maximum atomic E-state index is 12.3. The Morgan fingerprint density at radius 3 is 2.52 bits per heavy atom. The fourth-order valence-electron chi connectivity index (χ4n) is 1.99. The van der Waals surface area contributed by atoms with E-state index in [0.717, 1.165) is 12.1 Å². The van der Waals surface area contributed by atoms with Crippen LogP contribution in [-0.4, -0.2) is 22.8 Å². The lowest BCUT2D eigenvalue weighted by Gasteiger charge is -2.14. The van der Waals surface area contributed by atoms with Crippen LogP contribution in [-0.2, 0) is 0 Å². The van der Waals surface area contributed by atoms with E-state index in [1.807, 2.05) is 20.8 Å². The number of benzene rings is 1. The molecule has 2 aromatic rings. The maximum absolute atomic E-state index is 12.3. The number of hydrogen-bond acceptors (Lipinski definition) is 3. The Kier molecular flexibility index (Phi) is 5.46. The molecular weight excluding hydrogens is 290 g/mol. The number of nitrogens with zero attached hydrogens (tertiary/aromatic N) is 1. The van der Waals surface area contributed by atoms with Gasteiger partial charge < -0.3 is 10.6 Å². The summed E-state index contributed by atoms with van der Waals surface area (Å²) < 4.78 is 0.